The Balaban J connectivity index is 1.51. The van der Waals surface area contributed by atoms with E-state index in [0.717, 1.165) is 66.4 Å². The highest BCUT2D eigenvalue weighted by atomic mass is 35.5. The van der Waals surface area contributed by atoms with E-state index in [0.29, 0.717) is 27.7 Å². The van der Waals surface area contributed by atoms with Crippen molar-refractivity contribution in [3.8, 4) is 22.7 Å². The Labute approximate surface area is 182 Å². The molecule has 1 atom stereocenters. The Morgan fingerprint density at radius 1 is 1.10 bits per heavy atom. The molecule has 7 nitrogen and oxygen atoms in total. The number of hydrogen-bond acceptors (Lipinski definition) is 5. The number of H-pyrrole nitrogens is 1. The highest BCUT2D eigenvalue weighted by molar-refractivity contribution is 6.45. The molecule has 6 rings (SSSR count). The van der Waals surface area contributed by atoms with Crippen LogP contribution in [-0.2, 0) is 4.74 Å². The Hall–Kier alpha value is -2.35. The number of ether oxygens (including phenoxy) is 1. The van der Waals surface area contributed by atoms with E-state index in [-0.39, 0.29) is 6.23 Å². The third kappa shape index (κ3) is 3.04. The normalized spacial score (nSPS) is 19.6. The van der Waals surface area contributed by atoms with E-state index >= 15 is 0 Å². The molecule has 1 N–H and O–H groups in total. The molecule has 30 heavy (non-hydrogen) atoms. The van der Waals surface area contributed by atoms with Gasteiger partial charge in [0.15, 0.2) is 0 Å². The molecule has 0 spiro atoms. The van der Waals surface area contributed by atoms with Gasteiger partial charge in [0, 0.05) is 35.2 Å². The van der Waals surface area contributed by atoms with Gasteiger partial charge < -0.3 is 14.1 Å². The standard InChI is InChI=1S/C21H19Cl2N5O2/c22-14-7-6-13-16(12-9-24-28(10-12)15-3-1-2-8-29-15)19(25-18(13)17(14)23)21-27-26-20(30-21)11-4-5-11/h6-7,9-11,15,25H,1-5,8H2. The van der Waals surface area contributed by atoms with Crippen molar-refractivity contribution < 1.29 is 9.15 Å². The number of fused-ring (bicyclic) bond motifs is 1. The molecule has 4 heterocycles. The van der Waals surface area contributed by atoms with Crippen LogP contribution in [-0.4, -0.2) is 31.6 Å². The molecular weight excluding hydrogens is 425 g/mol. The van der Waals surface area contributed by atoms with Crippen LogP contribution in [0.5, 0.6) is 0 Å². The fraction of sp³-hybridized carbons (Fsp3) is 0.381. The van der Waals surface area contributed by atoms with Crippen molar-refractivity contribution in [2.45, 2.75) is 44.2 Å². The minimum Gasteiger partial charge on any atom is -0.419 e. The molecule has 3 aromatic heterocycles. The van der Waals surface area contributed by atoms with E-state index in [1.807, 2.05) is 23.1 Å². The van der Waals surface area contributed by atoms with E-state index in [1.54, 1.807) is 6.07 Å². The summed E-state index contributed by atoms with van der Waals surface area (Å²) in [7, 11) is 0. The van der Waals surface area contributed by atoms with Crippen molar-refractivity contribution in [3.63, 3.8) is 0 Å². The van der Waals surface area contributed by atoms with Gasteiger partial charge in [-0.25, -0.2) is 4.68 Å². The first-order valence-electron chi connectivity index (χ1n) is 10.2. The number of nitrogens with zero attached hydrogens (tertiary/aromatic N) is 4. The van der Waals surface area contributed by atoms with Gasteiger partial charge in [-0.3, -0.25) is 0 Å². The largest absolute Gasteiger partial charge is 0.419 e. The minimum absolute atomic E-state index is 0.0379. The molecule has 1 aliphatic carbocycles. The summed E-state index contributed by atoms with van der Waals surface area (Å²) in [4.78, 5) is 3.37. The highest BCUT2D eigenvalue weighted by Crippen LogP contribution is 2.44. The van der Waals surface area contributed by atoms with Crippen LogP contribution in [0.2, 0.25) is 10.0 Å². The molecule has 1 unspecified atom stereocenters. The first-order chi connectivity index (χ1) is 14.7. The smallest absolute Gasteiger partial charge is 0.264 e. The Morgan fingerprint density at radius 2 is 2.00 bits per heavy atom. The molecule has 0 amide bonds. The number of benzene rings is 1. The molecule has 0 radical (unpaired) electrons. The van der Waals surface area contributed by atoms with E-state index in [1.165, 1.54) is 0 Å². The van der Waals surface area contributed by atoms with Gasteiger partial charge in [0.05, 0.1) is 21.8 Å². The molecule has 1 saturated heterocycles. The van der Waals surface area contributed by atoms with Crippen molar-refractivity contribution in [3.05, 3.63) is 40.5 Å². The zero-order chi connectivity index (χ0) is 20.2. The molecule has 9 heteroatoms. The number of hydrogen-bond donors (Lipinski definition) is 1. The molecule has 4 aromatic rings. The summed E-state index contributed by atoms with van der Waals surface area (Å²) >= 11 is 12.8. The summed E-state index contributed by atoms with van der Waals surface area (Å²) < 4.78 is 13.8. The fourth-order valence-electron chi connectivity index (χ4n) is 4.05. The summed E-state index contributed by atoms with van der Waals surface area (Å²) in [6.07, 6.45) is 9.18. The van der Waals surface area contributed by atoms with E-state index < -0.39 is 0 Å². The van der Waals surface area contributed by atoms with Gasteiger partial charge >= 0.3 is 0 Å². The topological polar surface area (TPSA) is 81.8 Å². The van der Waals surface area contributed by atoms with Crippen LogP contribution < -0.4 is 0 Å². The van der Waals surface area contributed by atoms with Crippen LogP contribution in [0.15, 0.2) is 28.9 Å². The summed E-state index contributed by atoms with van der Waals surface area (Å²) in [5.74, 6) is 1.50. The molecule has 2 aliphatic rings. The maximum Gasteiger partial charge on any atom is 0.264 e. The summed E-state index contributed by atoms with van der Waals surface area (Å²) in [5.41, 5.74) is 3.30. The van der Waals surface area contributed by atoms with Crippen LogP contribution in [0.3, 0.4) is 0 Å². The lowest BCUT2D eigenvalue weighted by Gasteiger charge is -2.22. The Morgan fingerprint density at radius 3 is 2.80 bits per heavy atom. The monoisotopic (exact) mass is 443 g/mol. The quantitative estimate of drug-likeness (QED) is 0.420. The second kappa shape index (κ2) is 7.11. The van der Waals surface area contributed by atoms with Gasteiger partial charge in [0.1, 0.15) is 11.9 Å². The average Bonchev–Trinajstić information content (AvgIpc) is 3.18. The van der Waals surface area contributed by atoms with E-state index in [2.05, 4.69) is 20.3 Å². The van der Waals surface area contributed by atoms with Gasteiger partial charge in [-0.2, -0.15) is 5.10 Å². The second-order valence-electron chi connectivity index (χ2n) is 7.91. The lowest BCUT2D eigenvalue weighted by molar-refractivity contribution is -0.0394. The van der Waals surface area contributed by atoms with Crippen molar-refractivity contribution in [2.75, 3.05) is 6.61 Å². The highest BCUT2D eigenvalue weighted by Gasteiger charge is 2.31. The van der Waals surface area contributed by atoms with Gasteiger partial charge in [-0.15, -0.1) is 10.2 Å². The van der Waals surface area contributed by atoms with Crippen molar-refractivity contribution in [1.29, 1.82) is 0 Å². The molecule has 154 valence electrons. The SMILES string of the molecule is Clc1ccc2c(-c3cnn(C4CCCCO4)c3)c(-c3nnc(C4CC4)o3)[nH]c2c1Cl. The van der Waals surface area contributed by atoms with Gasteiger partial charge in [0.2, 0.25) is 5.89 Å². The lowest BCUT2D eigenvalue weighted by atomic mass is 10.1. The van der Waals surface area contributed by atoms with Crippen LogP contribution >= 0.6 is 23.2 Å². The van der Waals surface area contributed by atoms with Crippen LogP contribution in [0, 0.1) is 0 Å². The maximum absolute atomic E-state index is 6.51. The fourth-order valence-corrected chi connectivity index (χ4v) is 4.42. The number of aromatic amines is 1. The van der Waals surface area contributed by atoms with Crippen molar-refractivity contribution in [1.82, 2.24) is 25.0 Å². The lowest BCUT2D eigenvalue weighted by Crippen LogP contribution is -2.18. The van der Waals surface area contributed by atoms with Gasteiger partial charge in [-0.05, 0) is 38.2 Å². The van der Waals surface area contributed by atoms with Crippen molar-refractivity contribution >= 4 is 34.1 Å². The molecule has 1 saturated carbocycles. The zero-order valence-corrected chi connectivity index (χ0v) is 17.6. The Bertz CT molecular complexity index is 1230. The van der Waals surface area contributed by atoms with Crippen LogP contribution in [0.4, 0.5) is 0 Å². The van der Waals surface area contributed by atoms with Crippen LogP contribution in [0.25, 0.3) is 33.6 Å². The van der Waals surface area contributed by atoms with Crippen LogP contribution in [0.1, 0.15) is 50.1 Å². The molecule has 0 bridgehead atoms. The first kappa shape index (κ1) is 18.4. The number of halogens is 2. The number of rotatable bonds is 4. The third-order valence-corrected chi connectivity index (χ3v) is 6.59. The van der Waals surface area contributed by atoms with Crippen molar-refractivity contribution in [2.24, 2.45) is 0 Å². The predicted molar refractivity (Wildman–Crippen MR) is 114 cm³/mol. The minimum atomic E-state index is -0.0379. The van der Waals surface area contributed by atoms with E-state index in [9.17, 15) is 0 Å². The third-order valence-electron chi connectivity index (χ3n) is 5.79. The van der Waals surface area contributed by atoms with Gasteiger partial charge in [-0.1, -0.05) is 29.3 Å². The van der Waals surface area contributed by atoms with E-state index in [4.69, 9.17) is 32.4 Å². The summed E-state index contributed by atoms with van der Waals surface area (Å²) in [6, 6.07) is 3.75. The number of nitrogens with one attached hydrogen (secondary N) is 1. The summed E-state index contributed by atoms with van der Waals surface area (Å²) in [6.45, 7) is 0.762. The molecule has 1 aromatic carbocycles. The first-order valence-corrected chi connectivity index (χ1v) is 10.9. The second-order valence-corrected chi connectivity index (χ2v) is 8.69. The maximum atomic E-state index is 6.51. The zero-order valence-electron chi connectivity index (χ0n) is 16.1. The Kier molecular flexibility index (Phi) is 4.37. The van der Waals surface area contributed by atoms with Gasteiger partial charge in [0.25, 0.3) is 5.89 Å². The average molecular weight is 444 g/mol. The molecule has 2 fully saturated rings. The number of aromatic nitrogens is 5. The summed E-state index contributed by atoms with van der Waals surface area (Å²) in [5, 5.41) is 15.0. The molecule has 1 aliphatic heterocycles. The molecular formula is C21H19Cl2N5O2. The predicted octanol–water partition coefficient (Wildman–Crippen LogP) is 5.96.